The molecule has 1 unspecified atom stereocenters. The van der Waals surface area contributed by atoms with E-state index in [1.807, 2.05) is 45.0 Å². The normalized spacial score (nSPS) is 17.5. The van der Waals surface area contributed by atoms with Crippen LogP contribution in [0.1, 0.15) is 51.3 Å². The van der Waals surface area contributed by atoms with Crippen LogP contribution in [0.15, 0.2) is 71.5 Å². The number of nitrogens with one attached hydrogen (secondary N) is 1. The zero-order valence-corrected chi connectivity index (χ0v) is 18.2. The summed E-state index contributed by atoms with van der Waals surface area (Å²) < 4.78 is 0. The summed E-state index contributed by atoms with van der Waals surface area (Å²) in [6, 6.07) is 8.45. The lowest BCUT2D eigenvalue weighted by Gasteiger charge is -2.25. The first kappa shape index (κ1) is 21.7. The molecule has 0 saturated carbocycles. The monoisotopic (exact) mass is 378 g/mol. The van der Waals surface area contributed by atoms with Crippen molar-refractivity contribution in [1.82, 2.24) is 10.2 Å². The zero-order valence-electron chi connectivity index (χ0n) is 18.2. The van der Waals surface area contributed by atoms with E-state index in [2.05, 4.69) is 56.1 Å². The van der Waals surface area contributed by atoms with Gasteiger partial charge in [-0.15, -0.1) is 0 Å². The van der Waals surface area contributed by atoms with Crippen LogP contribution in [-0.2, 0) is 11.2 Å². The molecule has 28 heavy (non-hydrogen) atoms. The van der Waals surface area contributed by atoms with Crippen molar-refractivity contribution in [2.24, 2.45) is 5.92 Å². The minimum absolute atomic E-state index is 0.0374. The molecule has 0 saturated heterocycles. The van der Waals surface area contributed by atoms with Crippen LogP contribution in [-0.4, -0.2) is 24.9 Å². The Morgan fingerprint density at radius 1 is 1.29 bits per heavy atom. The molecule has 0 aromatic heterocycles. The number of rotatable bonds is 7. The summed E-state index contributed by atoms with van der Waals surface area (Å²) in [6.45, 7) is 12.3. The number of fused-ring (bicyclic) bond motifs is 1. The second kappa shape index (κ2) is 9.59. The molecule has 0 aliphatic heterocycles. The van der Waals surface area contributed by atoms with Crippen molar-refractivity contribution in [1.29, 1.82) is 0 Å². The smallest absolute Gasteiger partial charge is 0.253 e. The van der Waals surface area contributed by atoms with Crippen LogP contribution in [0.5, 0.6) is 0 Å². The molecule has 1 amide bonds. The third kappa shape index (κ3) is 5.03. The van der Waals surface area contributed by atoms with E-state index >= 15 is 0 Å². The summed E-state index contributed by atoms with van der Waals surface area (Å²) in [4.78, 5) is 15.3. The van der Waals surface area contributed by atoms with Crippen molar-refractivity contribution in [3.63, 3.8) is 0 Å². The van der Waals surface area contributed by atoms with Gasteiger partial charge in [-0.25, -0.2) is 0 Å². The number of amides is 1. The van der Waals surface area contributed by atoms with Crippen molar-refractivity contribution in [3.05, 3.63) is 82.6 Å². The van der Waals surface area contributed by atoms with Crippen molar-refractivity contribution >= 4 is 5.91 Å². The fourth-order valence-corrected chi connectivity index (χ4v) is 3.66. The molecule has 1 aliphatic rings. The largest absolute Gasteiger partial charge is 0.377 e. The SMILES string of the molecule is C=C(C)C(/C=C\C(C)C)=C(\C(=C/C)C(=O)NC1CCc2ccccc21)N(C)C. The van der Waals surface area contributed by atoms with Gasteiger partial charge in [0, 0.05) is 19.7 Å². The van der Waals surface area contributed by atoms with E-state index in [1.54, 1.807) is 0 Å². The van der Waals surface area contributed by atoms with E-state index < -0.39 is 0 Å². The first-order valence-corrected chi connectivity index (χ1v) is 10.1. The molecule has 1 aromatic rings. The molecule has 3 heteroatoms. The van der Waals surface area contributed by atoms with E-state index in [4.69, 9.17) is 0 Å². The van der Waals surface area contributed by atoms with E-state index in [9.17, 15) is 4.79 Å². The van der Waals surface area contributed by atoms with Crippen molar-refractivity contribution in [2.75, 3.05) is 14.1 Å². The maximum Gasteiger partial charge on any atom is 0.253 e. The quantitative estimate of drug-likeness (QED) is 0.513. The standard InChI is InChI=1S/C25H34N2O/c1-8-20(24(27(6)7)21(18(4)5)15-13-17(2)3)25(28)26-23-16-14-19-11-9-10-12-22(19)23/h8-13,15,17,23H,4,14,16H2,1-3,5-7H3,(H,26,28)/b15-13-,20-8+,24-21+. The van der Waals surface area contributed by atoms with Crippen LogP contribution in [0.3, 0.4) is 0 Å². The Bertz CT molecular complexity index is 825. The van der Waals surface area contributed by atoms with Crippen molar-refractivity contribution < 1.29 is 4.79 Å². The number of carbonyl (C=O) groups excluding carboxylic acids is 1. The number of hydrogen-bond acceptors (Lipinski definition) is 2. The average molecular weight is 379 g/mol. The highest BCUT2D eigenvalue weighted by Crippen LogP contribution is 2.32. The van der Waals surface area contributed by atoms with Crippen LogP contribution in [0.4, 0.5) is 0 Å². The number of carbonyl (C=O) groups is 1. The van der Waals surface area contributed by atoms with Gasteiger partial charge in [-0.2, -0.15) is 0 Å². The summed E-state index contributed by atoms with van der Waals surface area (Å²) >= 11 is 0. The lowest BCUT2D eigenvalue weighted by atomic mass is 9.97. The van der Waals surface area contributed by atoms with Crippen LogP contribution < -0.4 is 5.32 Å². The van der Waals surface area contributed by atoms with Gasteiger partial charge in [0.15, 0.2) is 0 Å². The molecule has 1 aliphatic carbocycles. The highest BCUT2D eigenvalue weighted by molar-refractivity contribution is 5.98. The maximum absolute atomic E-state index is 13.3. The van der Waals surface area contributed by atoms with Crippen LogP contribution in [0.25, 0.3) is 0 Å². The topological polar surface area (TPSA) is 32.3 Å². The second-order valence-electron chi connectivity index (χ2n) is 8.01. The number of nitrogens with zero attached hydrogens (tertiary/aromatic N) is 1. The van der Waals surface area contributed by atoms with E-state index in [0.29, 0.717) is 11.5 Å². The van der Waals surface area contributed by atoms with Gasteiger partial charge in [-0.05, 0) is 49.3 Å². The Morgan fingerprint density at radius 2 is 1.96 bits per heavy atom. The average Bonchev–Trinajstić information content (AvgIpc) is 3.03. The molecule has 0 radical (unpaired) electrons. The molecular weight excluding hydrogens is 344 g/mol. The number of benzene rings is 1. The third-order valence-electron chi connectivity index (χ3n) is 5.04. The molecule has 150 valence electrons. The first-order chi connectivity index (χ1) is 13.3. The van der Waals surface area contributed by atoms with Crippen LogP contribution in [0, 0.1) is 5.92 Å². The summed E-state index contributed by atoms with van der Waals surface area (Å²) in [7, 11) is 3.95. The molecule has 1 atom stereocenters. The number of allylic oxidation sites excluding steroid dienone is 5. The minimum atomic E-state index is -0.0374. The molecule has 0 fully saturated rings. The van der Waals surface area contributed by atoms with E-state index in [-0.39, 0.29) is 11.9 Å². The Balaban J connectivity index is 2.38. The molecule has 2 rings (SSSR count). The van der Waals surface area contributed by atoms with Gasteiger partial charge in [0.25, 0.3) is 5.91 Å². The molecule has 3 nitrogen and oxygen atoms in total. The predicted molar refractivity (Wildman–Crippen MR) is 119 cm³/mol. The molecule has 0 spiro atoms. The summed E-state index contributed by atoms with van der Waals surface area (Å²) in [5.41, 5.74) is 6.09. The third-order valence-corrected chi connectivity index (χ3v) is 5.04. The highest BCUT2D eigenvalue weighted by Gasteiger charge is 2.26. The van der Waals surface area contributed by atoms with Gasteiger partial charge >= 0.3 is 0 Å². The number of hydrogen-bond donors (Lipinski definition) is 1. The molecule has 0 heterocycles. The second-order valence-corrected chi connectivity index (χ2v) is 8.01. The fourth-order valence-electron chi connectivity index (χ4n) is 3.66. The molecular formula is C25H34N2O. The maximum atomic E-state index is 13.3. The van der Waals surface area contributed by atoms with E-state index in [0.717, 1.165) is 29.7 Å². The summed E-state index contributed by atoms with van der Waals surface area (Å²) in [5.74, 6) is 0.389. The van der Waals surface area contributed by atoms with Gasteiger partial charge in [0.05, 0.1) is 17.3 Å². The molecule has 0 bridgehead atoms. The predicted octanol–water partition coefficient (Wildman–Crippen LogP) is 5.34. The first-order valence-electron chi connectivity index (χ1n) is 10.1. The Kier molecular flexibility index (Phi) is 7.45. The summed E-state index contributed by atoms with van der Waals surface area (Å²) in [6.07, 6.45) is 8.09. The van der Waals surface area contributed by atoms with Crippen molar-refractivity contribution in [3.8, 4) is 0 Å². The Labute approximate surface area is 170 Å². The Hall–Kier alpha value is -2.55. The van der Waals surface area contributed by atoms with Crippen LogP contribution >= 0.6 is 0 Å². The van der Waals surface area contributed by atoms with Gasteiger partial charge < -0.3 is 10.2 Å². The lowest BCUT2D eigenvalue weighted by Crippen LogP contribution is -2.32. The number of aryl methyl sites for hydroxylation is 1. The number of likely N-dealkylation sites (N-methyl/N-ethyl adjacent to an activating group) is 1. The summed E-state index contributed by atoms with van der Waals surface area (Å²) in [5, 5.41) is 3.26. The Morgan fingerprint density at radius 3 is 2.54 bits per heavy atom. The minimum Gasteiger partial charge on any atom is -0.377 e. The highest BCUT2D eigenvalue weighted by atomic mass is 16.1. The molecule has 1 aromatic carbocycles. The van der Waals surface area contributed by atoms with Crippen LogP contribution in [0.2, 0.25) is 0 Å². The molecule has 1 N–H and O–H groups in total. The lowest BCUT2D eigenvalue weighted by molar-refractivity contribution is -0.118. The van der Waals surface area contributed by atoms with Gasteiger partial charge in [0.1, 0.15) is 0 Å². The van der Waals surface area contributed by atoms with Gasteiger partial charge in [-0.3, -0.25) is 4.79 Å². The zero-order chi connectivity index (χ0) is 20.8. The van der Waals surface area contributed by atoms with Gasteiger partial charge in [0.2, 0.25) is 0 Å². The van der Waals surface area contributed by atoms with Gasteiger partial charge in [-0.1, -0.05) is 62.9 Å². The van der Waals surface area contributed by atoms with E-state index in [1.165, 1.54) is 11.1 Å². The fraction of sp³-hybridized carbons (Fsp3) is 0.400. The van der Waals surface area contributed by atoms with Crippen molar-refractivity contribution in [2.45, 2.75) is 46.6 Å².